The Morgan fingerprint density at radius 3 is 2.74 bits per heavy atom. The fourth-order valence-corrected chi connectivity index (χ4v) is 3.76. The maximum absolute atomic E-state index is 14.6. The highest BCUT2D eigenvalue weighted by molar-refractivity contribution is 6.02. The van der Waals surface area contributed by atoms with Gasteiger partial charge >= 0.3 is 0 Å². The molecule has 1 heterocycles. The standard InChI is InChI=1S/C23H25FN2O/c1-3-23(2,24)17-10-11-20-16(13-17)9-12-21(25-20)26-22(27)19-14-18(19)15-7-5-4-6-8-15/h4-8,10-11,13,18-19H,3,9,12,14H2,1-2H3,(H,25,26,27). The van der Waals surface area contributed by atoms with Crippen molar-refractivity contribution in [1.82, 2.24) is 5.32 Å². The lowest BCUT2D eigenvalue weighted by molar-refractivity contribution is -0.121. The van der Waals surface area contributed by atoms with E-state index in [1.165, 1.54) is 5.56 Å². The largest absolute Gasteiger partial charge is 0.314 e. The highest BCUT2D eigenvalue weighted by atomic mass is 19.1. The van der Waals surface area contributed by atoms with Crippen molar-refractivity contribution in [3.05, 3.63) is 65.2 Å². The first-order valence-corrected chi connectivity index (χ1v) is 9.73. The predicted octanol–water partition coefficient (Wildman–Crippen LogP) is 5.18. The summed E-state index contributed by atoms with van der Waals surface area (Å²) >= 11 is 0. The maximum atomic E-state index is 14.6. The van der Waals surface area contributed by atoms with Crippen LogP contribution in [0.3, 0.4) is 0 Å². The molecule has 4 heteroatoms. The second-order valence-corrected chi connectivity index (χ2v) is 7.80. The summed E-state index contributed by atoms with van der Waals surface area (Å²) in [6.07, 6.45) is 2.80. The molecule has 27 heavy (non-hydrogen) atoms. The minimum atomic E-state index is -1.31. The lowest BCUT2D eigenvalue weighted by Crippen LogP contribution is -2.33. The Balaban J connectivity index is 1.44. The molecule has 0 aromatic heterocycles. The van der Waals surface area contributed by atoms with Crippen LogP contribution in [-0.4, -0.2) is 11.7 Å². The van der Waals surface area contributed by atoms with Gasteiger partial charge < -0.3 is 5.32 Å². The summed E-state index contributed by atoms with van der Waals surface area (Å²) in [6, 6.07) is 15.8. The summed E-state index contributed by atoms with van der Waals surface area (Å²) in [7, 11) is 0. The molecular formula is C23H25FN2O. The van der Waals surface area contributed by atoms with E-state index in [9.17, 15) is 9.18 Å². The molecule has 1 amide bonds. The maximum Gasteiger partial charge on any atom is 0.229 e. The first-order valence-electron chi connectivity index (χ1n) is 9.73. The van der Waals surface area contributed by atoms with Crippen LogP contribution in [-0.2, 0) is 16.9 Å². The summed E-state index contributed by atoms with van der Waals surface area (Å²) in [6.45, 7) is 3.47. The normalized spacial score (nSPS) is 23.0. The van der Waals surface area contributed by atoms with Crippen LogP contribution >= 0.6 is 0 Å². The molecule has 1 fully saturated rings. The molecule has 2 aromatic rings. The van der Waals surface area contributed by atoms with Gasteiger partial charge in [-0.3, -0.25) is 4.79 Å². The Bertz CT molecular complexity index is 889. The van der Waals surface area contributed by atoms with Gasteiger partial charge in [0.05, 0.1) is 5.69 Å². The van der Waals surface area contributed by atoms with Crippen LogP contribution in [0.15, 0.2) is 53.5 Å². The lowest BCUT2D eigenvalue weighted by atomic mass is 9.91. The van der Waals surface area contributed by atoms with Crippen molar-refractivity contribution < 1.29 is 9.18 Å². The second-order valence-electron chi connectivity index (χ2n) is 7.80. The van der Waals surface area contributed by atoms with Gasteiger partial charge in [0.25, 0.3) is 0 Å². The number of carbonyl (C=O) groups is 1. The van der Waals surface area contributed by atoms with E-state index >= 15 is 0 Å². The third-order valence-corrected chi connectivity index (χ3v) is 5.85. The van der Waals surface area contributed by atoms with Gasteiger partial charge in [-0.05, 0) is 54.9 Å². The minimum Gasteiger partial charge on any atom is -0.314 e. The van der Waals surface area contributed by atoms with Crippen LogP contribution in [0.1, 0.15) is 55.7 Å². The molecule has 3 nitrogen and oxygen atoms in total. The van der Waals surface area contributed by atoms with Crippen molar-refractivity contribution in [2.45, 2.75) is 51.1 Å². The number of fused-ring (bicyclic) bond motifs is 1. The monoisotopic (exact) mass is 364 g/mol. The molecule has 2 aromatic carbocycles. The third-order valence-electron chi connectivity index (χ3n) is 5.85. The number of aliphatic imine (C=N–C) groups is 1. The number of nitrogens with one attached hydrogen (secondary N) is 1. The quantitative estimate of drug-likeness (QED) is 0.798. The van der Waals surface area contributed by atoms with Gasteiger partial charge in [0.15, 0.2) is 0 Å². The van der Waals surface area contributed by atoms with E-state index in [0.29, 0.717) is 24.3 Å². The molecule has 1 aliphatic carbocycles. The van der Waals surface area contributed by atoms with E-state index in [1.54, 1.807) is 6.92 Å². The number of hydrogen-bond acceptors (Lipinski definition) is 2. The van der Waals surface area contributed by atoms with E-state index < -0.39 is 5.67 Å². The molecule has 140 valence electrons. The Kier molecular flexibility index (Phi) is 4.58. The summed E-state index contributed by atoms with van der Waals surface area (Å²) in [5.41, 5.74) is 2.51. The Morgan fingerprint density at radius 2 is 2.00 bits per heavy atom. The zero-order valence-electron chi connectivity index (χ0n) is 15.8. The van der Waals surface area contributed by atoms with Gasteiger partial charge in [-0.25, -0.2) is 9.38 Å². The number of amidine groups is 1. The molecular weight excluding hydrogens is 339 g/mol. The number of carbonyl (C=O) groups excluding carboxylic acids is 1. The highest BCUT2D eigenvalue weighted by Gasteiger charge is 2.44. The molecule has 1 saturated carbocycles. The molecule has 3 unspecified atom stereocenters. The molecule has 1 aliphatic heterocycles. The summed E-state index contributed by atoms with van der Waals surface area (Å²) < 4.78 is 14.6. The van der Waals surface area contributed by atoms with Crippen molar-refractivity contribution in [2.24, 2.45) is 10.9 Å². The van der Waals surface area contributed by atoms with Crippen molar-refractivity contribution >= 4 is 17.4 Å². The van der Waals surface area contributed by atoms with Crippen LogP contribution in [0.5, 0.6) is 0 Å². The van der Waals surface area contributed by atoms with Crippen LogP contribution in [0.4, 0.5) is 10.1 Å². The fraction of sp³-hybridized carbons (Fsp3) is 0.391. The number of rotatable bonds is 4. The van der Waals surface area contributed by atoms with E-state index in [1.807, 2.05) is 43.3 Å². The van der Waals surface area contributed by atoms with Gasteiger partial charge in [-0.15, -0.1) is 0 Å². The number of hydrogen-bond donors (Lipinski definition) is 1. The van der Waals surface area contributed by atoms with E-state index in [4.69, 9.17) is 0 Å². The average Bonchev–Trinajstić information content (AvgIpc) is 3.49. The fourth-order valence-electron chi connectivity index (χ4n) is 3.76. The molecule has 2 aliphatic rings. The average molecular weight is 364 g/mol. The number of benzene rings is 2. The van der Waals surface area contributed by atoms with Gasteiger partial charge in [0.2, 0.25) is 5.91 Å². The van der Waals surface area contributed by atoms with Crippen LogP contribution in [0.2, 0.25) is 0 Å². The topological polar surface area (TPSA) is 41.5 Å². The van der Waals surface area contributed by atoms with Crippen molar-refractivity contribution in [2.75, 3.05) is 0 Å². The van der Waals surface area contributed by atoms with E-state index in [2.05, 4.69) is 22.4 Å². The molecule has 0 saturated heterocycles. The second kappa shape index (κ2) is 6.91. The van der Waals surface area contributed by atoms with Gasteiger partial charge in [-0.2, -0.15) is 0 Å². The molecule has 0 radical (unpaired) electrons. The molecule has 3 atom stereocenters. The van der Waals surface area contributed by atoms with Crippen LogP contribution < -0.4 is 5.32 Å². The molecule has 0 spiro atoms. The van der Waals surface area contributed by atoms with Crippen LogP contribution in [0, 0.1) is 5.92 Å². The number of nitrogens with zero attached hydrogens (tertiary/aromatic N) is 1. The predicted molar refractivity (Wildman–Crippen MR) is 106 cm³/mol. The smallest absolute Gasteiger partial charge is 0.229 e. The number of halogens is 1. The van der Waals surface area contributed by atoms with E-state index in [-0.39, 0.29) is 11.8 Å². The minimum absolute atomic E-state index is 0.0377. The van der Waals surface area contributed by atoms with E-state index in [0.717, 1.165) is 29.9 Å². The van der Waals surface area contributed by atoms with Gasteiger partial charge in [-0.1, -0.05) is 49.4 Å². The van der Waals surface area contributed by atoms with Gasteiger partial charge in [0, 0.05) is 12.3 Å². The lowest BCUT2D eigenvalue weighted by Gasteiger charge is -2.22. The first kappa shape index (κ1) is 17.9. The number of alkyl halides is 1. The zero-order chi connectivity index (χ0) is 19.0. The summed E-state index contributed by atoms with van der Waals surface area (Å²) in [5.74, 6) is 1.14. The van der Waals surface area contributed by atoms with Crippen molar-refractivity contribution in [3.63, 3.8) is 0 Å². The Labute approximate surface area is 159 Å². The third kappa shape index (κ3) is 3.66. The summed E-state index contributed by atoms with van der Waals surface area (Å²) in [4.78, 5) is 17.2. The molecule has 1 N–H and O–H groups in total. The Morgan fingerprint density at radius 1 is 1.22 bits per heavy atom. The highest BCUT2D eigenvalue weighted by Crippen LogP contribution is 2.47. The SMILES string of the molecule is CCC(C)(F)c1ccc2c(c1)CCC(NC(=O)C1CC1c1ccccc1)=N2. The first-order chi connectivity index (χ1) is 13.0. The molecule has 4 rings (SSSR count). The number of amides is 1. The van der Waals surface area contributed by atoms with Crippen LogP contribution in [0.25, 0.3) is 0 Å². The van der Waals surface area contributed by atoms with Crippen molar-refractivity contribution in [3.8, 4) is 0 Å². The summed E-state index contributed by atoms with van der Waals surface area (Å²) in [5, 5.41) is 3.01. The van der Waals surface area contributed by atoms with Gasteiger partial charge in [0.1, 0.15) is 11.5 Å². The van der Waals surface area contributed by atoms with Crippen molar-refractivity contribution in [1.29, 1.82) is 0 Å². The Hall–Kier alpha value is -2.49. The zero-order valence-corrected chi connectivity index (χ0v) is 15.8. The number of aryl methyl sites for hydroxylation is 1. The molecule has 0 bridgehead atoms.